The van der Waals surface area contributed by atoms with Gasteiger partial charge in [0.05, 0.1) is 11.0 Å². The molecule has 25 heavy (non-hydrogen) atoms. The number of benzene rings is 2. The smallest absolute Gasteiger partial charge is 0.420 e. The first-order chi connectivity index (χ1) is 12.3. The van der Waals surface area contributed by atoms with E-state index < -0.39 is 0 Å². The first-order valence-electron chi connectivity index (χ1n) is 9.01. The number of hydrogen-bond donors (Lipinski definition) is 0. The normalized spacial score (nSPS) is 15.4. The van der Waals surface area contributed by atoms with E-state index in [1.165, 1.54) is 19.3 Å². The molecule has 0 amide bonds. The van der Waals surface area contributed by atoms with Gasteiger partial charge in [0.2, 0.25) is 0 Å². The molecule has 1 saturated carbocycles. The summed E-state index contributed by atoms with van der Waals surface area (Å²) < 4.78 is 7.28. The molecule has 2 aromatic carbocycles. The molecule has 0 bridgehead atoms. The number of ether oxygens (including phenoxy) is 1. The van der Waals surface area contributed by atoms with E-state index in [0.29, 0.717) is 5.92 Å². The number of rotatable bonds is 3. The second-order valence-electron chi connectivity index (χ2n) is 6.67. The van der Waals surface area contributed by atoms with Crippen molar-refractivity contribution in [3.63, 3.8) is 0 Å². The summed E-state index contributed by atoms with van der Waals surface area (Å²) in [4.78, 5) is 17.6. The van der Waals surface area contributed by atoms with Gasteiger partial charge in [-0.05, 0) is 30.5 Å². The van der Waals surface area contributed by atoms with Crippen LogP contribution >= 0.6 is 0 Å². The molecule has 1 heterocycles. The van der Waals surface area contributed by atoms with Crippen molar-refractivity contribution in [1.82, 2.24) is 9.55 Å². The maximum Gasteiger partial charge on any atom is 0.420 e. The minimum atomic E-state index is -0.335. The van der Waals surface area contributed by atoms with Crippen LogP contribution in [0.4, 0.5) is 4.79 Å². The van der Waals surface area contributed by atoms with Crippen molar-refractivity contribution in [2.75, 3.05) is 0 Å². The quantitative estimate of drug-likeness (QED) is 0.655. The lowest BCUT2D eigenvalue weighted by molar-refractivity contribution is 0.141. The van der Waals surface area contributed by atoms with Crippen molar-refractivity contribution < 1.29 is 9.53 Å². The zero-order valence-corrected chi connectivity index (χ0v) is 14.2. The molecule has 0 spiro atoms. The summed E-state index contributed by atoms with van der Waals surface area (Å²) in [5.41, 5.74) is 2.68. The largest absolute Gasteiger partial charge is 0.444 e. The Labute approximate surface area is 147 Å². The number of imidazole rings is 1. The van der Waals surface area contributed by atoms with E-state index >= 15 is 0 Å². The lowest BCUT2D eigenvalue weighted by atomic mass is 9.89. The molecule has 1 aromatic heterocycles. The summed E-state index contributed by atoms with van der Waals surface area (Å²) in [6, 6.07) is 17.6. The third-order valence-electron chi connectivity index (χ3n) is 4.94. The average Bonchev–Trinajstić information content (AvgIpc) is 3.07. The van der Waals surface area contributed by atoms with Gasteiger partial charge < -0.3 is 4.74 Å². The lowest BCUT2D eigenvalue weighted by Crippen LogP contribution is -2.20. The van der Waals surface area contributed by atoms with E-state index in [2.05, 4.69) is 0 Å². The summed E-state index contributed by atoms with van der Waals surface area (Å²) in [6.07, 6.45) is 5.53. The third kappa shape index (κ3) is 3.29. The van der Waals surface area contributed by atoms with Crippen LogP contribution in [0.1, 0.15) is 49.4 Å². The highest BCUT2D eigenvalue weighted by Gasteiger charge is 2.26. The molecular weight excluding hydrogens is 312 g/mol. The van der Waals surface area contributed by atoms with Gasteiger partial charge in [0.15, 0.2) is 0 Å². The Morgan fingerprint density at radius 3 is 2.52 bits per heavy atom. The summed E-state index contributed by atoms with van der Waals surface area (Å²) in [5.74, 6) is 1.20. The van der Waals surface area contributed by atoms with Crippen LogP contribution in [-0.2, 0) is 11.3 Å². The maximum absolute atomic E-state index is 12.9. The molecule has 1 aliphatic carbocycles. The number of para-hydroxylation sites is 2. The van der Waals surface area contributed by atoms with Gasteiger partial charge in [-0.1, -0.05) is 61.7 Å². The van der Waals surface area contributed by atoms with E-state index in [4.69, 9.17) is 9.72 Å². The number of hydrogen-bond acceptors (Lipinski definition) is 3. The van der Waals surface area contributed by atoms with Crippen LogP contribution in [0.25, 0.3) is 11.0 Å². The van der Waals surface area contributed by atoms with Gasteiger partial charge in [0.1, 0.15) is 12.4 Å². The molecular formula is C21H22N2O2. The van der Waals surface area contributed by atoms with Gasteiger partial charge in [0.25, 0.3) is 0 Å². The van der Waals surface area contributed by atoms with Gasteiger partial charge in [-0.25, -0.2) is 14.3 Å². The van der Waals surface area contributed by atoms with Crippen LogP contribution in [-0.4, -0.2) is 15.6 Å². The monoisotopic (exact) mass is 334 g/mol. The van der Waals surface area contributed by atoms with Gasteiger partial charge in [0, 0.05) is 5.92 Å². The number of nitrogens with zero attached hydrogens (tertiary/aromatic N) is 2. The van der Waals surface area contributed by atoms with Crippen molar-refractivity contribution >= 4 is 17.1 Å². The minimum Gasteiger partial charge on any atom is -0.444 e. The van der Waals surface area contributed by atoms with Gasteiger partial charge in [-0.15, -0.1) is 0 Å². The Bertz CT molecular complexity index is 864. The fourth-order valence-corrected chi connectivity index (χ4v) is 3.65. The van der Waals surface area contributed by atoms with E-state index in [9.17, 15) is 4.79 Å². The SMILES string of the molecule is O=C(OCc1ccccc1)n1c(C2CCCCC2)nc2ccccc21. The maximum atomic E-state index is 12.9. The Morgan fingerprint density at radius 1 is 1.00 bits per heavy atom. The standard InChI is InChI=1S/C21H22N2O2/c24-21(25-15-16-9-3-1-4-10-16)23-19-14-8-7-13-18(19)22-20(23)17-11-5-2-6-12-17/h1,3-4,7-10,13-14,17H,2,5-6,11-12,15H2. The van der Waals surface area contributed by atoms with Crippen molar-refractivity contribution in [3.05, 3.63) is 66.0 Å². The molecule has 4 rings (SSSR count). The second kappa shape index (κ2) is 7.09. The van der Waals surface area contributed by atoms with Gasteiger partial charge >= 0.3 is 6.09 Å². The average molecular weight is 334 g/mol. The Balaban J connectivity index is 1.65. The fourth-order valence-electron chi connectivity index (χ4n) is 3.65. The van der Waals surface area contributed by atoms with Crippen LogP contribution in [0.2, 0.25) is 0 Å². The van der Waals surface area contributed by atoms with E-state index in [0.717, 1.165) is 35.3 Å². The highest BCUT2D eigenvalue weighted by molar-refractivity contribution is 5.87. The molecule has 1 aliphatic rings. The Hall–Kier alpha value is -2.62. The Kier molecular flexibility index (Phi) is 4.51. The predicted octanol–water partition coefficient (Wildman–Crippen LogP) is 5.27. The topological polar surface area (TPSA) is 44.1 Å². The second-order valence-corrected chi connectivity index (χ2v) is 6.67. The first-order valence-corrected chi connectivity index (χ1v) is 9.01. The van der Waals surface area contributed by atoms with Crippen molar-refractivity contribution in [3.8, 4) is 0 Å². The van der Waals surface area contributed by atoms with Crippen LogP contribution in [0.5, 0.6) is 0 Å². The minimum absolute atomic E-state index is 0.274. The van der Waals surface area contributed by atoms with E-state index in [1.54, 1.807) is 4.57 Å². The van der Waals surface area contributed by atoms with Crippen molar-refractivity contribution in [2.24, 2.45) is 0 Å². The van der Waals surface area contributed by atoms with E-state index in [-0.39, 0.29) is 12.7 Å². The molecule has 0 atom stereocenters. The lowest BCUT2D eigenvalue weighted by Gasteiger charge is -2.21. The predicted molar refractivity (Wildman–Crippen MR) is 97.6 cm³/mol. The molecule has 0 unspecified atom stereocenters. The van der Waals surface area contributed by atoms with Gasteiger partial charge in [-0.3, -0.25) is 0 Å². The molecule has 128 valence electrons. The van der Waals surface area contributed by atoms with E-state index in [1.807, 2.05) is 54.6 Å². The van der Waals surface area contributed by atoms with Crippen molar-refractivity contribution in [1.29, 1.82) is 0 Å². The van der Waals surface area contributed by atoms with Crippen LogP contribution < -0.4 is 0 Å². The van der Waals surface area contributed by atoms with Crippen molar-refractivity contribution in [2.45, 2.75) is 44.6 Å². The van der Waals surface area contributed by atoms with Gasteiger partial charge in [-0.2, -0.15) is 0 Å². The van der Waals surface area contributed by atoms with Crippen LogP contribution in [0.15, 0.2) is 54.6 Å². The number of fused-ring (bicyclic) bond motifs is 1. The summed E-state index contributed by atoms with van der Waals surface area (Å²) >= 11 is 0. The molecule has 4 heteroatoms. The molecule has 0 saturated heterocycles. The first kappa shape index (κ1) is 15.9. The molecule has 0 aliphatic heterocycles. The zero-order chi connectivity index (χ0) is 17.1. The highest BCUT2D eigenvalue weighted by Crippen LogP contribution is 2.34. The molecule has 0 N–H and O–H groups in total. The summed E-state index contributed by atoms with van der Waals surface area (Å²) in [5, 5.41) is 0. The van der Waals surface area contributed by atoms with Crippen LogP contribution in [0, 0.1) is 0 Å². The molecule has 3 aromatic rings. The zero-order valence-electron chi connectivity index (χ0n) is 14.2. The number of aromatic nitrogens is 2. The third-order valence-corrected chi connectivity index (χ3v) is 4.94. The molecule has 1 fully saturated rings. The molecule has 0 radical (unpaired) electrons. The number of carbonyl (C=O) groups excluding carboxylic acids is 1. The highest BCUT2D eigenvalue weighted by atomic mass is 16.5. The molecule has 4 nitrogen and oxygen atoms in total. The number of carbonyl (C=O) groups is 1. The summed E-state index contributed by atoms with van der Waals surface area (Å²) in [6.45, 7) is 0.274. The summed E-state index contributed by atoms with van der Waals surface area (Å²) in [7, 11) is 0. The van der Waals surface area contributed by atoms with Crippen LogP contribution in [0.3, 0.4) is 0 Å². The Morgan fingerprint density at radius 2 is 1.72 bits per heavy atom. The fraction of sp³-hybridized carbons (Fsp3) is 0.333.